The van der Waals surface area contributed by atoms with Gasteiger partial charge in [-0.2, -0.15) is 0 Å². The quantitative estimate of drug-likeness (QED) is 0.880. The molecule has 0 aliphatic carbocycles. The molecule has 0 radical (unpaired) electrons. The van der Waals surface area contributed by atoms with Crippen molar-refractivity contribution in [1.82, 2.24) is 5.32 Å². The van der Waals surface area contributed by atoms with Crippen LogP contribution in [0.2, 0.25) is 0 Å². The van der Waals surface area contributed by atoms with Crippen LogP contribution < -0.4 is 5.32 Å². The highest BCUT2D eigenvalue weighted by Crippen LogP contribution is 2.19. The second-order valence-corrected chi connectivity index (χ2v) is 5.38. The fourth-order valence-electron chi connectivity index (χ4n) is 2.28. The molecule has 2 aromatic rings. The Morgan fingerprint density at radius 1 is 1.19 bits per heavy atom. The number of phenolic OH excluding ortho intramolecular Hbond substituents is 1. The van der Waals surface area contributed by atoms with Gasteiger partial charge in [-0.3, -0.25) is 4.79 Å². The van der Waals surface area contributed by atoms with Crippen LogP contribution in [0.5, 0.6) is 5.75 Å². The summed E-state index contributed by atoms with van der Waals surface area (Å²) in [6, 6.07) is 15.3. The number of hydrogen-bond donors (Lipinski definition) is 2. The molecular weight excluding hydrogens is 262 g/mol. The van der Waals surface area contributed by atoms with Gasteiger partial charge in [0.05, 0.1) is 5.56 Å². The lowest BCUT2D eigenvalue weighted by Crippen LogP contribution is -2.25. The number of hydrogen-bond acceptors (Lipinski definition) is 2. The molecule has 0 spiro atoms. The molecule has 1 amide bonds. The van der Waals surface area contributed by atoms with Gasteiger partial charge >= 0.3 is 0 Å². The Morgan fingerprint density at radius 3 is 2.57 bits per heavy atom. The van der Waals surface area contributed by atoms with E-state index in [1.807, 2.05) is 31.2 Å². The number of aryl methyl sites for hydroxylation is 1. The highest BCUT2D eigenvalue weighted by molar-refractivity contribution is 5.96. The standard InChI is InChI=1S/C18H21NO2/c1-13-8-9-16(17(20)12-13)18(21)19-11-10-14(2)15-6-4-3-5-7-15/h3-9,12,14,20H,10-11H2,1-2H3,(H,19,21). The van der Waals surface area contributed by atoms with Gasteiger partial charge in [0.2, 0.25) is 0 Å². The summed E-state index contributed by atoms with van der Waals surface area (Å²) in [5.41, 5.74) is 2.53. The number of aromatic hydroxyl groups is 1. The molecule has 2 N–H and O–H groups in total. The van der Waals surface area contributed by atoms with E-state index in [1.165, 1.54) is 5.56 Å². The molecule has 0 aromatic heterocycles. The third-order valence-corrected chi connectivity index (χ3v) is 3.63. The van der Waals surface area contributed by atoms with Crippen molar-refractivity contribution in [2.24, 2.45) is 0 Å². The summed E-state index contributed by atoms with van der Waals surface area (Å²) < 4.78 is 0. The summed E-state index contributed by atoms with van der Waals surface area (Å²) in [5, 5.41) is 12.6. The van der Waals surface area contributed by atoms with E-state index in [4.69, 9.17) is 0 Å². The van der Waals surface area contributed by atoms with E-state index >= 15 is 0 Å². The van der Waals surface area contributed by atoms with Crippen LogP contribution in [-0.2, 0) is 0 Å². The molecule has 1 atom stereocenters. The molecule has 3 heteroatoms. The lowest BCUT2D eigenvalue weighted by molar-refractivity contribution is 0.0950. The third kappa shape index (κ3) is 4.09. The second-order valence-electron chi connectivity index (χ2n) is 5.38. The van der Waals surface area contributed by atoms with Crippen molar-refractivity contribution in [3.63, 3.8) is 0 Å². The maximum absolute atomic E-state index is 12.0. The Bertz CT molecular complexity index is 608. The van der Waals surface area contributed by atoms with Crippen LogP contribution in [0.1, 0.15) is 40.7 Å². The van der Waals surface area contributed by atoms with Gasteiger partial charge in [-0.05, 0) is 42.5 Å². The predicted octanol–water partition coefficient (Wildman–Crippen LogP) is 3.62. The molecule has 0 aliphatic rings. The minimum Gasteiger partial charge on any atom is -0.507 e. The second kappa shape index (κ2) is 6.93. The first kappa shape index (κ1) is 15.1. The average molecular weight is 283 g/mol. The molecule has 0 aliphatic heterocycles. The smallest absolute Gasteiger partial charge is 0.255 e. The normalized spacial score (nSPS) is 11.9. The molecule has 3 nitrogen and oxygen atoms in total. The Balaban J connectivity index is 1.87. The van der Waals surface area contributed by atoms with Gasteiger partial charge in [-0.15, -0.1) is 0 Å². The number of phenols is 1. The Hall–Kier alpha value is -2.29. The summed E-state index contributed by atoms with van der Waals surface area (Å²) in [4.78, 5) is 12.0. The van der Waals surface area contributed by atoms with Crippen molar-refractivity contribution in [1.29, 1.82) is 0 Å². The maximum Gasteiger partial charge on any atom is 0.255 e. The van der Waals surface area contributed by atoms with Gasteiger partial charge in [0, 0.05) is 6.54 Å². The van der Waals surface area contributed by atoms with E-state index in [0.717, 1.165) is 12.0 Å². The number of carbonyl (C=O) groups is 1. The molecule has 1 unspecified atom stereocenters. The van der Waals surface area contributed by atoms with Gasteiger partial charge in [-0.25, -0.2) is 0 Å². The van der Waals surface area contributed by atoms with Crippen LogP contribution in [0.3, 0.4) is 0 Å². The lowest BCUT2D eigenvalue weighted by Gasteiger charge is -2.13. The van der Waals surface area contributed by atoms with Gasteiger partial charge < -0.3 is 10.4 Å². The van der Waals surface area contributed by atoms with E-state index in [-0.39, 0.29) is 11.7 Å². The Morgan fingerprint density at radius 2 is 1.90 bits per heavy atom. The molecule has 110 valence electrons. The van der Waals surface area contributed by atoms with Crippen LogP contribution in [0.4, 0.5) is 0 Å². The topological polar surface area (TPSA) is 49.3 Å². The molecule has 0 bridgehead atoms. The fraction of sp³-hybridized carbons (Fsp3) is 0.278. The summed E-state index contributed by atoms with van der Waals surface area (Å²) in [6.07, 6.45) is 0.863. The molecule has 0 saturated heterocycles. The lowest BCUT2D eigenvalue weighted by atomic mass is 9.98. The first-order valence-corrected chi connectivity index (χ1v) is 7.20. The Kier molecular flexibility index (Phi) is 4.99. The monoisotopic (exact) mass is 283 g/mol. The van der Waals surface area contributed by atoms with E-state index < -0.39 is 0 Å². The van der Waals surface area contributed by atoms with E-state index in [1.54, 1.807) is 12.1 Å². The fourth-order valence-corrected chi connectivity index (χ4v) is 2.28. The zero-order valence-electron chi connectivity index (χ0n) is 12.5. The minimum atomic E-state index is -0.229. The van der Waals surface area contributed by atoms with Crippen molar-refractivity contribution < 1.29 is 9.90 Å². The first-order valence-electron chi connectivity index (χ1n) is 7.20. The van der Waals surface area contributed by atoms with Crippen LogP contribution in [0, 0.1) is 6.92 Å². The van der Waals surface area contributed by atoms with Gasteiger partial charge in [0.15, 0.2) is 0 Å². The zero-order valence-corrected chi connectivity index (χ0v) is 12.5. The van der Waals surface area contributed by atoms with Crippen LogP contribution in [0.25, 0.3) is 0 Å². The third-order valence-electron chi connectivity index (χ3n) is 3.63. The van der Waals surface area contributed by atoms with Crippen LogP contribution in [-0.4, -0.2) is 17.6 Å². The van der Waals surface area contributed by atoms with Crippen molar-refractivity contribution in [2.45, 2.75) is 26.2 Å². The van der Waals surface area contributed by atoms with Crippen molar-refractivity contribution in [3.05, 3.63) is 65.2 Å². The van der Waals surface area contributed by atoms with Crippen molar-refractivity contribution in [2.75, 3.05) is 6.54 Å². The van der Waals surface area contributed by atoms with Gasteiger partial charge in [0.25, 0.3) is 5.91 Å². The molecule has 0 saturated carbocycles. The largest absolute Gasteiger partial charge is 0.507 e. The van der Waals surface area contributed by atoms with E-state index in [2.05, 4.69) is 24.4 Å². The minimum absolute atomic E-state index is 0.0311. The molecular formula is C18H21NO2. The molecule has 0 fully saturated rings. The SMILES string of the molecule is Cc1ccc(C(=O)NCCC(C)c2ccccc2)c(O)c1. The summed E-state index contributed by atoms with van der Waals surface area (Å²) >= 11 is 0. The molecule has 2 rings (SSSR count). The molecule has 2 aromatic carbocycles. The van der Waals surface area contributed by atoms with E-state index in [9.17, 15) is 9.90 Å². The average Bonchev–Trinajstić information content (AvgIpc) is 2.47. The van der Waals surface area contributed by atoms with Crippen LogP contribution >= 0.6 is 0 Å². The summed E-state index contributed by atoms with van der Waals surface area (Å²) in [6.45, 7) is 4.61. The van der Waals surface area contributed by atoms with Crippen LogP contribution in [0.15, 0.2) is 48.5 Å². The number of nitrogens with one attached hydrogen (secondary N) is 1. The predicted molar refractivity (Wildman–Crippen MR) is 84.7 cm³/mol. The highest BCUT2D eigenvalue weighted by Gasteiger charge is 2.11. The number of amides is 1. The Labute approximate surface area is 125 Å². The molecule has 21 heavy (non-hydrogen) atoms. The number of benzene rings is 2. The van der Waals surface area contributed by atoms with Crippen molar-refractivity contribution >= 4 is 5.91 Å². The zero-order chi connectivity index (χ0) is 15.2. The molecule has 0 heterocycles. The number of carbonyl (C=O) groups excluding carboxylic acids is 1. The highest BCUT2D eigenvalue weighted by atomic mass is 16.3. The summed E-state index contributed by atoms with van der Waals surface area (Å²) in [7, 11) is 0. The van der Waals surface area contributed by atoms with E-state index in [0.29, 0.717) is 18.0 Å². The first-order chi connectivity index (χ1) is 10.1. The number of rotatable bonds is 5. The van der Waals surface area contributed by atoms with Gasteiger partial charge in [-0.1, -0.05) is 43.3 Å². The van der Waals surface area contributed by atoms with Gasteiger partial charge in [0.1, 0.15) is 5.75 Å². The van der Waals surface area contributed by atoms with Crippen molar-refractivity contribution in [3.8, 4) is 5.75 Å². The maximum atomic E-state index is 12.0. The summed E-state index contributed by atoms with van der Waals surface area (Å²) in [5.74, 6) is 0.189.